The normalized spacial score (nSPS) is 18.6. The van der Waals surface area contributed by atoms with E-state index in [9.17, 15) is 4.79 Å². The zero-order valence-electron chi connectivity index (χ0n) is 16.2. The van der Waals surface area contributed by atoms with Crippen molar-refractivity contribution in [2.75, 3.05) is 31.5 Å². The first-order valence-electron chi connectivity index (χ1n) is 10.4. The number of anilines is 1. The lowest BCUT2D eigenvalue weighted by Crippen LogP contribution is -2.34. The molecule has 4 rings (SSSR count). The Kier molecular flexibility index (Phi) is 5.58. The van der Waals surface area contributed by atoms with E-state index in [1.165, 1.54) is 25.9 Å². The van der Waals surface area contributed by atoms with E-state index < -0.39 is 0 Å². The van der Waals surface area contributed by atoms with Crippen LogP contribution in [0.25, 0.3) is 10.9 Å². The number of piperidine rings is 1. The van der Waals surface area contributed by atoms with Crippen molar-refractivity contribution >= 4 is 22.6 Å². The van der Waals surface area contributed by atoms with E-state index in [1.807, 2.05) is 30.3 Å². The number of aromatic nitrogens is 1. The number of rotatable bonds is 7. The first-order chi connectivity index (χ1) is 13.2. The van der Waals surface area contributed by atoms with Crippen molar-refractivity contribution in [1.82, 2.24) is 15.2 Å². The van der Waals surface area contributed by atoms with Crippen LogP contribution in [0.1, 0.15) is 49.4 Å². The molecule has 1 saturated heterocycles. The van der Waals surface area contributed by atoms with E-state index >= 15 is 0 Å². The van der Waals surface area contributed by atoms with E-state index in [4.69, 9.17) is 4.98 Å². The van der Waals surface area contributed by atoms with Gasteiger partial charge in [-0.2, -0.15) is 0 Å². The second kappa shape index (κ2) is 8.26. The van der Waals surface area contributed by atoms with Gasteiger partial charge in [0.2, 0.25) is 0 Å². The number of likely N-dealkylation sites (tertiary alicyclic amines) is 1. The van der Waals surface area contributed by atoms with Crippen molar-refractivity contribution in [3.05, 3.63) is 35.9 Å². The maximum absolute atomic E-state index is 12.7. The van der Waals surface area contributed by atoms with Gasteiger partial charge in [0, 0.05) is 18.0 Å². The molecule has 27 heavy (non-hydrogen) atoms. The maximum atomic E-state index is 12.7. The number of nitrogens with zero attached hydrogens (tertiary/aromatic N) is 2. The number of para-hydroxylation sites is 1. The van der Waals surface area contributed by atoms with Gasteiger partial charge in [-0.3, -0.25) is 4.79 Å². The smallest absolute Gasteiger partial charge is 0.252 e. The van der Waals surface area contributed by atoms with E-state index in [1.54, 1.807) is 0 Å². The number of hydrogen-bond donors (Lipinski definition) is 2. The molecule has 2 aliphatic rings. The number of carbonyl (C=O) groups is 1. The van der Waals surface area contributed by atoms with Crippen LogP contribution in [0.5, 0.6) is 0 Å². The third-order valence-corrected chi connectivity index (χ3v) is 5.71. The molecular formula is C22H30N4O. The SMILES string of the molecule is CC1CCN(CCCNc2cc(C(=O)NC3CC3)c3ccccc3n2)CC1. The van der Waals surface area contributed by atoms with Crippen molar-refractivity contribution in [3.63, 3.8) is 0 Å². The van der Waals surface area contributed by atoms with Crippen LogP contribution in [-0.4, -0.2) is 48.0 Å². The molecule has 0 bridgehead atoms. The summed E-state index contributed by atoms with van der Waals surface area (Å²) in [6.45, 7) is 6.80. The quantitative estimate of drug-likeness (QED) is 0.734. The van der Waals surface area contributed by atoms with Crippen LogP contribution in [0.2, 0.25) is 0 Å². The molecule has 0 spiro atoms. The van der Waals surface area contributed by atoms with Crippen molar-refractivity contribution < 1.29 is 4.79 Å². The summed E-state index contributed by atoms with van der Waals surface area (Å²) in [6, 6.07) is 10.1. The summed E-state index contributed by atoms with van der Waals surface area (Å²) < 4.78 is 0. The summed E-state index contributed by atoms with van der Waals surface area (Å²) in [5.41, 5.74) is 1.59. The lowest BCUT2D eigenvalue weighted by atomic mass is 9.99. The van der Waals surface area contributed by atoms with Gasteiger partial charge < -0.3 is 15.5 Å². The Bertz CT molecular complexity index is 794. The molecule has 2 aromatic rings. The maximum Gasteiger partial charge on any atom is 0.252 e. The minimum absolute atomic E-state index is 0.0154. The summed E-state index contributed by atoms with van der Waals surface area (Å²) in [5.74, 6) is 1.69. The van der Waals surface area contributed by atoms with Gasteiger partial charge in [-0.25, -0.2) is 4.98 Å². The molecule has 1 aliphatic heterocycles. The highest BCUT2D eigenvalue weighted by Gasteiger charge is 2.25. The monoisotopic (exact) mass is 366 g/mol. The average molecular weight is 367 g/mol. The summed E-state index contributed by atoms with van der Waals surface area (Å²) in [5, 5.41) is 7.45. The highest BCUT2D eigenvalue weighted by molar-refractivity contribution is 6.07. The van der Waals surface area contributed by atoms with E-state index in [-0.39, 0.29) is 5.91 Å². The van der Waals surface area contributed by atoms with Gasteiger partial charge in [-0.15, -0.1) is 0 Å². The van der Waals surface area contributed by atoms with Crippen LogP contribution < -0.4 is 10.6 Å². The zero-order valence-corrected chi connectivity index (χ0v) is 16.2. The molecule has 1 aliphatic carbocycles. The minimum Gasteiger partial charge on any atom is -0.370 e. The van der Waals surface area contributed by atoms with Gasteiger partial charge in [0.1, 0.15) is 5.82 Å². The number of nitrogens with one attached hydrogen (secondary N) is 2. The molecule has 144 valence electrons. The summed E-state index contributed by atoms with van der Waals surface area (Å²) in [6.07, 6.45) is 5.91. The minimum atomic E-state index is 0.0154. The first kappa shape index (κ1) is 18.2. The fraction of sp³-hybridized carbons (Fsp3) is 0.545. The van der Waals surface area contributed by atoms with Crippen LogP contribution in [0.3, 0.4) is 0 Å². The number of benzene rings is 1. The molecule has 2 fully saturated rings. The lowest BCUT2D eigenvalue weighted by molar-refractivity contribution is 0.0952. The Morgan fingerprint density at radius 3 is 2.74 bits per heavy atom. The van der Waals surface area contributed by atoms with Gasteiger partial charge in [0.15, 0.2) is 0 Å². The summed E-state index contributed by atoms with van der Waals surface area (Å²) in [4.78, 5) is 19.9. The van der Waals surface area contributed by atoms with Crippen LogP contribution >= 0.6 is 0 Å². The van der Waals surface area contributed by atoms with Crippen molar-refractivity contribution in [2.24, 2.45) is 5.92 Å². The summed E-state index contributed by atoms with van der Waals surface area (Å²) in [7, 11) is 0. The van der Waals surface area contributed by atoms with Crippen molar-refractivity contribution in [2.45, 2.75) is 45.1 Å². The zero-order chi connectivity index (χ0) is 18.6. The van der Waals surface area contributed by atoms with Gasteiger partial charge in [0.05, 0.1) is 11.1 Å². The predicted octanol–water partition coefficient (Wildman–Crippen LogP) is 3.66. The number of hydrogen-bond acceptors (Lipinski definition) is 4. The Morgan fingerprint density at radius 1 is 1.19 bits per heavy atom. The molecular weight excluding hydrogens is 336 g/mol. The van der Waals surface area contributed by atoms with Gasteiger partial charge in [0.25, 0.3) is 5.91 Å². The van der Waals surface area contributed by atoms with Crippen LogP contribution in [-0.2, 0) is 0 Å². The Labute approximate surface area is 161 Å². The number of pyridine rings is 1. The number of carbonyl (C=O) groups excluding carboxylic acids is 1. The Balaban J connectivity index is 1.38. The predicted molar refractivity (Wildman–Crippen MR) is 110 cm³/mol. The van der Waals surface area contributed by atoms with Crippen molar-refractivity contribution in [3.8, 4) is 0 Å². The largest absolute Gasteiger partial charge is 0.370 e. The molecule has 1 saturated carbocycles. The average Bonchev–Trinajstić information content (AvgIpc) is 3.50. The molecule has 5 heteroatoms. The Morgan fingerprint density at radius 2 is 1.96 bits per heavy atom. The fourth-order valence-electron chi connectivity index (χ4n) is 3.75. The molecule has 0 unspecified atom stereocenters. The van der Waals surface area contributed by atoms with Crippen molar-refractivity contribution in [1.29, 1.82) is 0 Å². The topological polar surface area (TPSA) is 57.3 Å². The molecule has 1 aromatic carbocycles. The molecule has 2 N–H and O–H groups in total. The standard InChI is InChI=1S/C22H30N4O/c1-16-9-13-26(14-10-16)12-4-11-23-21-15-19(22(27)24-17-7-8-17)18-5-2-3-6-20(18)25-21/h2-3,5-6,15-17H,4,7-14H2,1H3,(H,23,25)(H,24,27). The molecule has 0 radical (unpaired) electrons. The van der Waals surface area contributed by atoms with Crippen LogP contribution in [0.4, 0.5) is 5.82 Å². The molecule has 5 nitrogen and oxygen atoms in total. The molecule has 1 amide bonds. The van der Waals surface area contributed by atoms with E-state index in [0.717, 1.165) is 60.6 Å². The molecule has 2 heterocycles. The highest BCUT2D eigenvalue weighted by Crippen LogP contribution is 2.24. The highest BCUT2D eigenvalue weighted by atomic mass is 16.1. The third kappa shape index (κ3) is 4.78. The molecule has 0 atom stereocenters. The number of fused-ring (bicyclic) bond motifs is 1. The van der Waals surface area contributed by atoms with E-state index in [2.05, 4.69) is 22.5 Å². The van der Waals surface area contributed by atoms with Gasteiger partial charge in [-0.05, 0) is 69.8 Å². The lowest BCUT2D eigenvalue weighted by Gasteiger charge is -2.30. The third-order valence-electron chi connectivity index (χ3n) is 5.71. The summed E-state index contributed by atoms with van der Waals surface area (Å²) >= 11 is 0. The Hall–Kier alpha value is -2.14. The van der Waals surface area contributed by atoms with Gasteiger partial charge >= 0.3 is 0 Å². The molecule has 1 aromatic heterocycles. The second-order valence-electron chi connectivity index (χ2n) is 8.12. The van der Waals surface area contributed by atoms with E-state index in [0.29, 0.717) is 6.04 Å². The second-order valence-corrected chi connectivity index (χ2v) is 8.12. The van der Waals surface area contributed by atoms with Crippen LogP contribution in [0.15, 0.2) is 30.3 Å². The fourth-order valence-corrected chi connectivity index (χ4v) is 3.75. The van der Waals surface area contributed by atoms with Gasteiger partial charge in [-0.1, -0.05) is 25.1 Å². The first-order valence-corrected chi connectivity index (χ1v) is 10.4. The van der Waals surface area contributed by atoms with Crippen LogP contribution in [0, 0.1) is 5.92 Å². The number of amides is 1.